The standard InChI is InChI=1S/C22H23N5O2S2/c1-27-14-23-26-22(27)31-12-15-5-7-17(8-6-15)21(29)25-24-20(28)13-30-19-10-9-16-3-2-4-18(16)11-19/h5-11,14H,2-4,12-13H2,1H3,(H,24,28)(H,25,29). The van der Waals surface area contributed by atoms with Gasteiger partial charge in [0.2, 0.25) is 5.91 Å². The van der Waals surface area contributed by atoms with E-state index in [1.165, 1.54) is 29.3 Å². The highest BCUT2D eigenvalue weighted by Crippen LogP contribution is 2.27. The fourth-order valence-electron chi connectivity index (χ4n) is 3.33. The lowest BCUT2D eigenvalue weighted by molar-refractivity contribution is -0.119. The second kappa shape index (κ2) is 10.0. The molecule has 1 heterocycles. The zero-order chi connectivity index (χ0) is 21.6. The minimum Gasteiger partial charge on any atom is -0.312 e. The van der Waals surface area contributed by atoms with Gasteiger partial charge < -0.3 is 4.57 Å². The molecule has 0 spiro atoms. The minimum absolute atomic E-state index is 0.240. The fraction of sp³-hybridized carbons (Fsp3) is 0.273. The number of aromatic nitrogens is 3. The second-order valence-electron chi connectivity index (χ2n) is 7.29. The van der Waals surface area contributed by atoms with Crippen molar-refractivity contribution < 1.29 is 9.59 Å². The first-order valence-electron chi connectivity index (χ1n) is 9.98. The number of fused-ring (bicyclic) bond motifs is 1. The maximum absolute atomic E-state index is 12.3. The maximum Gasteiger partial charge on any atom is 0.269 e. The topological polar surface area (TPSA) is 88.9 Å². The summed E-state index contributed by atoms with van der Waals surface area (Å²) in [5.74, 6) is 0.390. The molecule has 4 rings (SSSR count). The maximum atomic E-state index is 12.3. The van der Waals surface area contributed by atoms with Crippen LogP contribution in [-0.2, 0) is 30.4 Å². The molecule has 0 fully saturated rings. The zero-order valence-electron chi connectivity index (χ0n) is 17.1. The molecular weight excluding hydrogens is 430 g/mol. The minimum atomic E-state index is -0.344. The Morgan fingerprint density at radius 2 is 1.84 bits per heavy atom. The van der Waals surface area contributed by atoms with Gasteiger partial charge in [-0.15, -0.1) is 22.0 Å². The van der Waals surface area contributed by atoms with Crippen LogP contribution in [0.5, 0.6) is 0 Å². The van der Waals surface area contributed by atoms with Crippen molar-refractivity contribution in [2.45, 2.75) is 35.1 Å². The highest BCUT2D eigenvalue weighted by Gasteiger charge is 2.12. The van der Waals surface area contributed by atoms with Crippen LogP contribution >= 0.6 is 23.5 Å². The Bertz CT molecular complexity index is 1080. The molecule has 31 heavy (non-hydrogen) atoms. The van der Waals surface area contributed by atoms with Gasteiger partial charge >= 0.3 is 0 Å². The molecule has 2 N–H and O–H groups in total. The molecule has 160 valence electrons. The quantitative estimate of drug-likeness (QED) is 0.422. The first kappa shape index (κ1) is 21.5. The summed E-state index contributed by atoms with van der Waals surface area (Å²) in [7, 11) is 1.90. The third-order valence-corrected chi connectivity index (χ3v) is 7.11. The van der Waals surface area contributed by atoms with Gasteiger partial charge in [-0.05, 0) is 60.2 Å². The summed E-state index contributed by atoms with van der Waals surface area (Å²) >= 11 is 3.05. The van der Waals surface area contributed by atoms with E-state index in [0.29, 0.717) is 5.56 Å². The number of benzene rings is 2. The van der Waals surface area contributed by atoms with E-state index in [1.54, 1.807) is 30.2 Å². The first-order chi connectivity index (χ1) is 15.1. The molecule has 0 saturated carbocycles. The predicted molar refractivity (Wildman–Crippen MR) is 122 cm³/mol. The molecule has 0 saturated heterocycles. The van der Waals surface area contributed by atoms with E-state index in [9.17, 15) is 9.59 Å². The molecule has 0 radical (unpaired) electrons. The molecule has 0 bridgehead atoms. The van der Waals surface area contributed by atoms with Gasteiger partial charge in [0.1, 0.15) is 6.33 Å². The van der Waals surface area contributed by atoms with E-state index < -0.39 is 0 Å². The normalized spacial score (nSPS) is 12.4. The number of carbonyl (C=O) groups is 2. The number of hydrazine groups is 1. The number of amides is 2. The molecule has 0 atom stereocenters. The average Bonchev–Trinajstić information content (AvgIpc) is 3.43. The Morgan fingerprint density at radius 3 is 2.61 bits per heavy atom. The number of hydrogen-bond donors (Lipinski definition) is 2. The van der Waals surface area contributed by atoms with Crippen molar-refractivity contribution in [2.75, 3.05) is 5.75 Å². The summed E-state index contributed by atoms with van der Waals surface area (Å²) in [6, 6.07) is 13.7. The van der Waals surface area contributed by atoms with E-state index in [-0.39, 0.29) is 17.6 Å². The molecule has 1 aliphatic carbocycles. The van der Waals surface area contributed by atoms with Crippen LogP contribution in [-0.4, -0.2) is 32.3 Å². The van der Waals surface area contributed by atoms with E-state index in [0.717, 1.165) is 34.2 Å². The lowest BCUT2D eigenvalue weighted by Crippen LogP contribution is -2.42. The summed E-state index contributed by atoms with van der Waals surface area (Å²) in [4.78, 5) is 25.5. The molecule has 7 nitrogen and oxygen atoms in total. The van der Waals surface area contributed by atoms with Crippen molar-refractivity contribution in [1.29, 1.82) is 0 Å². The van der Waals surface area contributed by atoms with E-state index in [1.807, 2.05) is 23.7 Å². The van der Waals surface area contributed by atoms with Gasteiger partial charge in [-0.3, -0.25) is 20.4 Å². The Balaban J connectivity index is 1.21. The van der Waals surface area contributed by atoms with Gasteiger partial charge in [0.25, 0.3) is 5.91 Å². The molecule has 1 aromatic heterocycles. The Kier molecular flexibility index (Phi) is 6.93. The van der Waals surface area contributed by atoms with Crippen molar-refractivity contribution in [3.05, 3.63) is 71.0 Å². The van der Waals surface area contributed by atoms with Crippen molar-refractivity contribution in [1.82, 2.24) is 25.6 Å². The highest BCUT2D eigenvalue weighted by molar-refractivity contribution is 8.00. The summed E-state index contributed by atoms with van der Waals surface area (Å²) < 4.78 is 1.86. The largest absolute Gasteiger partial charge is 0.312 e. The van der Waals surface area contributed by atoms with Crippen LogP contribution in [0.3, 0.4) is 0 Å². The lowest BCUT2D eigenvalue weighted by atomic mass is 10.1. The number of nitrogens with one attached hydrogen (secondary N) is 2. The van der Waals surface area contributed by atoms with Crippen LogP contribution in [0, 0.1) is 0 Å². The number of nitrogens with zero attached hydrogens (tertiary/aromatic N) is 3. The van der Waals surface area contributed by atoms with E-state index >= 15 is 0 Å². The highest BCUT2D eigenvalue weighted by atomic mass is 32.2. The molecule has 2 aromatic carbocycles. The molecule has 0 unspecified atom stereocenters. The molecule has 9 heteroatoms. The SMILES string of the molecule is Cn1cnnc1SCc1ccc(C(=O)NNC(=O)CSc2ccc3c(c2)CCC3)cc1. The van der Waals surface area contributed by atoms with Gasteiger partial charge in [0, 0.05) is 23.3 Å². The smallest absolute Gasteiger partial charge is 0.269 e. The molecule has 3 aromatic rings. The van der Waals surface area contributed by atoms with Crippen molar-refractivity contribution in [3.8, 4) is 0 Å². The summed E-state index contributed by atoms with van der Waals surface area (Å²) in [6.07, 6.45) is 5.13. The van der Waals surface area contributed by atoms with Crippen molar-refractivity contribution >= 4 is 35.3 Å². The van der Waals surface area contributed by atoms with E-state index in [2.05, 4.69) is 39.2 Å². The monoisotopic (exact) mass is 453 g/mol. The Labute approximate surface area is 189 Å². The van der Waals surface area contributed by atoms with Crippen LogP contribution < -0.4 is 10.9 Å². The molecule has 0 aliphatic heterocycles. The number of hydrogen-bond acceptors (Lipinski definition) is 6. The molecule has 1 aliphatic rings. The number of rotatable bonds is 7. The third kappa shape index (κ3) is 5.68. The number of thioether (sulfide) groups is 2. The zero-order valence-corrected chi connectivity index (χ0v) is 18.8. The van der Waals surface area contributed by atoms with Crippen LogP contribution in [0.2, 0.25) is 0 Å². The third-order valence-electron chi connectivity index (χ3n) is 5.01. The van der Waals surface area contributed by atoms with Gasteiger partial charge in [0.15, 0.2) is 5.16 Å². The lowest BCUT2D eigenvalue weighted by Gasteiger charge is -2.09. The molecule has 2 amide bonds. The van der Waals surface area contributed by atoms with Crippen molar-refractivity contribution in [3.63, 3.8) is 0 Å². The van der Waals surface area contributed by atoms with Gasteiger partial charge in [-0.2, -0.15) is 0 Å². The average molecular weight is 454 g/mol. The summed E-state index contributed by atoms with van der Waals surface area (Å²) in [6.45, 7) is 0. The second-order valence-corrected chi connectivity index (χ2v) is 9.28. The predicted octanol–water partition coefficient (Wildman–Crippen LogP) is 3.15. The van der Waals surface area contributed by atoms with E-state index in [4.69, 9.17) is 0 Å². The number of aryl methyl sites for hydroxylation is 3. The first-order valence-corrected chi connectivity index (χ1v) is 11.9. The summed E-state index contributed by atoms with van der Waals surface area (Å²) in [5, 5.41) is 8.73. The van der Waals surface area contributed by atoms with Crippen LogP contribution in [0.4, 0.5) is 0 Å². The fourth-order valence-corrected chi connectivity index (χ4v) is 4.93. The van der Waals surface area contributed by atoms with Gasteiger partial charge in [-0.25, -0.2) is 0 Å². The van der Waals surface area contributed by atoms with Crippen molar-refractivity contribution in [2.24, 2.45) is 7.05 Å². The van der Waals surface area contributed by atoms with Gasteiger partial charge in [0.05, 0.1) is 5.75 Å². The Morgan fingerprint density at radius 1 is 1.03 bits per heavy atom. The number of carbonyl (C=O) groups excluding carboxylic acids is 2. The Hall–Kier alpha value is -2.78. The van der Waals surface area contributed by atoms with Crippen LogP contribution in [0.1, 0.15) is 33.5 Å². The van der Waals surface area contributed by atoms with Crippen LogP contribution in [0.25, 0.3) is 0 Å². The summed E-state index contributed by atoms with van der Waals surface area (Å²) in [5.41, 5.74) is 9.32. The van der Waals surface area contributed by atoms with Gasteiger partial charge in [-0.1, -0.05) is 30.0 Å². The van der Waals surface area contributed by atoms with Crippen LogP contribution in [0.15, 0.2) is 58.8 Å². The molecular formula is C22H23N5O2S2.